The predicted molar refractivity (Wildman–Crippen MR) is 83.4 cm³/mol. The number of nitrogens with one attached hydrogen (secondary N) is 1. The number of hydrogen-bond acceptors (Lipinski definition) is 2. The average molecular weight is 284 g/mol. The summed E-state index contributed by atoms with van der Waals surface area (Å²) in [4.78, 5) is 0. The lowest BCUT2D eigenvalue weighted by atomic mass is 10.1. The fraction of sp³-hybridized carbons (Fsp3) is 0.625. The van der Waals surface area contributed by atoms with Crippen molar-refractivity contribution in [3.8, 4) is 5.75 Å². The zero-order valence-electron chi connectivity index (χ0n) is 12.6. The third-order valence-corrected chi connectivity index (χ3v) is 3.26. The van der Waals surface area contributed by atoms with E-state index in [1.54, 1.807) is 0 Å². The molecule has 0 aliphatic carbocycles. The fourth-order valence-corrected chi connectivity index (χ4v) is 2.42. The van der Waals surface area contributed by atoms with Crippen LogP contribution in [0, 0.1) is 13.8 Å². The van der Waals surface area contributed by atoms with Gasteiger partial charge in [0.15, 0.2) is 0 Å². The van der Waals surface area contributed by atoms with Crippen molar-refractivity contribution in [3.63, 3.8) is 0 Å². The Bertz CT molecular complexity index is 367. The molecule has 1 rings (SSSR count). The molecule has 0 bridgehead atoms. The van der Waals surface area contributed by atoms with E-state index in [0.717, 1.165) is 41.5 Å². The highest BCUT2D eigenvalue weighted by Crippen LogP contribution is 2.27. The van der Waals surface area contributed by atoms with Gasteiger partial charge in [-0.2, -0.15) is 0 Å². The van der Waals surface area contributed by atoms with E-state index in [1.807, 2.05) is 26.0 Å². The molecule has 19 heavy (non-hydrogen) atoms. The van der Waals surface area contributed by atoms with Crippen LogP contribution in [0.4, 0.5) is 0 Å². The summed E-state index contributed by atoms with van der Waals surface area (Å²) in [5.41, 5.74) is 2.23. The van der Waals surface area contributed by atoms with Gasteiger partial charge < -0.3 is 10.1 Å². The van der Waals surface area contributed by atoms with Gasteiger partial charge in [-0.05, 0) is 62.9 Å². The first-order valence-electron chi connectivity index (χ1n) is 7.13. The maximum atomic E-state index is 6.00. The molecule has 108 valence electrons. The third kappa shape index (κ3) is 6.31. The molecule has 3 heteroatoms. The molecule has 1 aromatic carbocycles. The van der Waals surface area contributed by atoms with Gasteiger partial charge >= 0.3 is 0 Å². The lowest BCUT2D eigenvalue weighted by Crippen LogP contribution is -2.23. The molecule has 0 unspecified atom stereocenters. The summed E-state index contributed by atoms with van der Waals surface area (Å²) in [7, 11) is 0. The summed E-state index contributed by atoms with van der Waals surface area (Å²) in [6.07, 6.45) is 3.51. The van der Waals surface area contributed by atoms with E-state index in [-0.39, 0.29) is 0 Å². The maximum absolute atomic E-state index is 6.00. The van der Waals surface area contributed by atoms with Crippen LogP contribution >= 0.6 is 11.6 Å². The summed E-state index contributed by atoms with van der Waals surface area (Å²) in [6.45, 7) is 10.3. The number of halogens is 1. The average Bonchev–Trinajstić information content (AvgIpc) is 2.30. The molecule has 1 N–H and O–H groups in total. The molecule has 0 spiro atoms. The number of rotatable bonds is 8. The van der Waals surface area contributed by atoms with Crippen molar-refractivity contribution in [2.24, 2.45) is 0 Å². The van der Waals surface area contributed by atoms with Crippen molar-refractivity contribution < 1.29 is 4.74 Å². The molecule has 0 saturated heterocycles. The largest absolute Gasteiger partial charge is 0.493 e. The second kappa shape index (κ2) is 8.44. The van der Waals surface area contributed by atoms with Gasteiger partial charge in [0, 0.05) is 11.1 Å². The van der Waals surface area contributed by atoms with Gasteiger partial charge in [0.25, 0.3) is 0 Å². The quantitative estimate of drug-likeness (QED) is 0.709. The van der Waals surface area contributed by atoms with Crippen molar-refractivity contribution in [1.82, 2.24) is 5.32 Å². The minimum absolute atomic E-state index is 0.579. The summed E-state index contributed by atoms with van der Waals surface area (Å²) >= 11 is 6.00. The van der Waals surface area contributed by atoms with Crippen LogP contribution in [0.2, 0.25) is 5.02 Å². The van der Waals surface area contributed by atoms with Crippen LogP contribution in [0.3, 0.4) is 0 Å². The second-order valence-electron chi connectivity index (χ2n) is 5.39. The SMILES string of the molecule is Cc1cc(Cl)cc(C)c1OCCCCCNC(C)C. The van der Waals surface area contributed by atoms with Crippen molar-refractivity contribution in [2.45, 2.75) is 53.0 Å². The summed E-state index contributed by atoms with van der Waals surface area (Å²) < 4.78 is 5.87. The Hall–Kier alpha value is -0.730. The number of unbranched alkanes of at least 4 members (excludes halogenated alkanes) is 2. The number of benzene rings is 1. The van der Waals surface area contributed by atoms with E-state index < -0.39 is 0 Å². The second-order valence-corrected chi connectivity index (χ2v) is 5.82. The van der Waals surface area contributed by atoms with Crippen LogP contribution in [0.15, 0.2) is 12.1 Å². The molecule has 0 aliphatic heterocycles. The zero-order valence-corrected chi connectivity index (χ0v) is 13.3. The van der Waals surface area contributed by atoms with Gasteiger partial charge in [-0.25, -0.2) is 0 Å². The Kier molecular flexibility index (Phi) is 7.25. The third-order valence-electron chi connectivity index (χ3n) is 3.05. The summed E-state index contributed by atoms with van der Waals surface area (Å²) in [5.74, 6) is 0.990. The minimum Gasteiger partial charge on any atom is -0.493 e. The van der Waals surface area contributed by atoms with Crippen LogP contribution in [0.5, 0.6) is 5.75 Å². The summed E-state index contributed by atoms with van der Waals surface area (Å²) in [5, 5.41) is 4.20. The van der Waals surface area contributed by atoms with Crippen LogP contribution in [-0.4, -0.2) is 19.2 Å². The Morgan fingerprint density at radius 1 is 1.11 bits per heavy atom. The lowest BCUT2D eigenvalue weighted by Gasteiger charge is -2.13. The highest BCUT2D eigenvalue weighted by atomic mass is 35.5. The topological polar surface area (TPSA) is 21.3 Å². The Balaban J connectivity index is 2.23. The van der Waals surface area contributed by atoms with Crippen LogP contribution in [0.1, 0.15) is 44.2 Å². The Labute approximate surface area is 122 Å². The lowest BCUT2D eigenvalue weighted by molar-refractivity contribution is 0.301. The molecule has 1 aromatic rings. The minimum atomic E-state index is 0.579. The standard InChI is InChI=1S/C16H26ClNO/c1-12(2)18-8-6-5-7-9-19-16-13(3)10-15(17)11-14(16)4/h10-12,18H,5-9H2,1-4H3. The maximum Gasteiger partial charge on any atom is 0.125 e. The van der Waals surface area contributed by atoms with E-state index >= 15 is 0 Å². The van der Waals surface area contributed by atoms with Gasteiger partial charge in [-0.3, -0.25) is 0 Å². The van der Waals surface area contributed by atoms with Crippen molar-refractivity contribution in [1.29, 1.82) is 0 Å². The molecular formula is C16H26ClNO. The van der Waals surface area contributed by atoms with Gasteiger partial charge in [-0.1, -0.05) is 25.4 Å². The zero-order chi connectivity index (χ0) is 14.3. The molecule has 2 nitrogen and oxygen atoms in total. The first kappa shape index (κ1) is 16.3. The normalized spacial score (nSPS) is 11.1. The molecule has 0 aromatic heterocycles. The van der Waals surface area contributed by atoms with E-state index in [0.29, 0.717) is 6.04 Å². The van der Waals surface area contributed by atoms with E-state index in [2.05, 4.69) is 19.2 Å². The van der Waals surface area contributed by atoms with E-state index in [9.17, 15) is 0 Å². The van der Waals surface area contributed by atoms with Crippen molar-refractivity contribution in [2.75, 3.05) is 13.2 Å². The van der Waals surface area contributed by atoms with Crippen LogP contribution in [0.25, 0.3) is 0 Å². The predicted octanol–water partition coefficient (Wildman–Crippen LogP) is 4.50. The van der Waals surface area contributed by atoms with Crippen molar-refractivity contribution in [3.05, 3.63) is 28.3 Å². The summed E-state index contributed by atoms with van der Waals surface area (Å²) in [6, 6.07) is 4.49. The molecule has 0 atom stereocenters. The molecule has 0 aliphatic rings. The highest BCUT2D eigenvalue weighted by molar-refractivity contribution is 6.30. The fourth-order valence-electron chi connectivity index (χ4n) is 2.09. The van der Waals surface area contributed by atoms with Gasteiger partial charge in [-0.15, -0.1) is 0 Å². The van der Waals surface area contributed by atoms with Gasteiger partial charge in [0.1, 0.15) is 5.75 Å². The van der Waals surface area contributed by atoms with E-state index in [1.165, 1.54) is 12.8 Å². The molecule has 0 heterocycles. The number of ether oxygens (including phenoxy) is 1. The van der Waals surface area contributed by atoms with Crippen molar-refractivity contribution >= 4 is 11.6 Å². The highest BCUT2D eigenvalue weighted by Gasteiger charge is 2.05. The van der Waals surface area contributed by atoms with Gasteiger partial charge in [0.05, 0.1) is 6.61 Å². The first-order valence-corrected chi connectivity index (χ1v) is 7.51. The molecule has 0 amide bonds. The Morgan fingerprint density at radius 2 is 1.74 bits per heavy atom. The smallest absolute Gasteiger partial charge is 0.125 e. The molecule has 0 fully saturated rings. The first-order chi connectivity index (χ1) is 9.00. The van der Waals surface area contributed by atoms with Crippen LogP contribution < -0.4 is 10.1 Å². The Morgan fingerprint density at radius 3 is 2.32 bits per heavy atom. The monoisotopic (exact) mass is 283 g/mol. The van der Waals surface area contributed by atoms with Gasteiger partial charge in [0.2, 0.25) is 0 Å². The number of aryl methyl sites for hydroxylation is 2. The molecular weight excluding hydrogens is 258 g/mol. The van der Waals surface area contributed by atoms with Crippen LogP contribution in [-0.2, 0) is 0 Å². The molecule has 0 radical (unpaired) electrons. The number of hydrogen-bond donors (Lipinski definition) is 1. The molecule has 0 saturated carbocycles. The van der Waals surface area contributed by atoms with E-state index in [4.69, 9.17) is 16.3 Å².